The van der Waals surface area contributed by atoms with E-state index in [1.54, 1.807) is 19.2 Å². The standard InChI is InChI=1S/C28H38FN3O4/c1-5-18(13-17(4)28(35)36)27(34)31-24-16-32(20(6-2)7-3)25-15-23(22(29)14-21(25)26(24)33)30-19-11-9-8-10-12-19/h13-16,18-20,30H,5-12H2,1-4H3,(H,31,34)(H,35,36). The highest BCUT2D eigenvalue weighted by atomic mass is 19.1. The van der Waals surface area contributed by atoms with Gasteiger partial charge in [-0.25, -0.2) is 9.18 Å². The molecule has 7 nitrogen and oxygen atoms in total. The van der Waals surface area contributed by atoms with Crippen LogP contribution >= 0.6 is 0 Å². The number of fused-ring (bicyclic) bond motifs is 1. The molecule has 36 heavy (non-hydrogen) atoms. The Morgan fingerprint density at radius 3 is 2.36 bits per heavy atom. The van der Waals surface area contributed by atoms with Gasteiger partial charge in [0.2, 0.25) is 11.3 Å². The minimum absolute atomic E-state index is 0.0490. The van der Waals surface area contributed by atoms with Crippen molar-refractivity contribution < 1.29 is 19.1 Å². The summed E-state index contributed by atoms with van der Waals surface area (Å²) in [6, 6.07) is 3.25. The zero-order valence-corrected chi connectivity index (χ0v) is 21.7. The molecule has 1 fully saturated rings. The number of pyridine rings is 1. The van der Waals surface area contributed by atoms with Gasteiger partial charge in [-0.1, -0.05) is 46.1 Å². The number of aliphatic carboxylic acids is 1. The number of benzene rings is 1. The van der Waals surface area contributed by atoms with Crippen LogP contribution in [-0.2, 0) is 9.59 Å². The number of aromatic nitrogens is 1. The van der Waals surface area contributed by atoms with Crippen LogP contribution in [0.2, 0.25) is 0 Å². The average molecular weight is 500 g/mol. The molecule has 1 atom stereocenters. The van der Waals surface area contributed by atoms with Crippen molar-refractivity contribution in [1.29, 1.82) is 0 Å². The summed E-state index contributed by atoms with van der Waals surface area (Å²) in [5.74, 6) is -2.77. The molecule has 0 saturated heterocycles. The van der Waals surface area contributed by atoms with E-state index in [1.807, 2.05) is 18.4 Å². The molecule has 3 N–H and O–H groups in total. The lowest BCUT2D eigenvalue weighted by Gasteiger charge is -2.26. The van der Waals surface area contributed by atoms with E-state index in [0.717, 1.165) is 38.5 Å². The maximum absolute atomic E-state index is 15.2. The number of carboxylic acids is 1. The highest BCUT2D eigenvalue weighted by Crippen LogP contribution is 2.30. The Morgan fingerprint density at radius 2 is 1.78 bits per heavy atom. The molecule has 1 aliphatic carbocycles. The van der Waals surface area contributed by atoms with Crippen LogP contribution in [0.25, 0.3) is 10.9 Å². The van der Waals surface area contributed by atoms with E-state index in [2.05, 4.69) is 10.6 Å². The van der Waals surface area contributed by atoms with E-state index in [-0.39, 0.29) is 28.7 Å². The SMILES string of the molecule is CCC(C=C(C)C(=O)O)C(=O)Nc1cn(C(CC)CC)c2cc(NC3CCCCC3)c(F)cc2c1=O. The first-order valence-electron chi connectivity index (χ1n) is 13.1. The lowest BCUT2D eigenvalue weighted by Crippen LogP contribution is -2.27. The number of carboxylic acid groups (broad SMARTS) is 1. The van der Waals surface area contributed by atoms with Gasteiger partial charge in [-0.15, -0.1) is 0 Å². The van der Waals surface area contributed by atoms with Crippen LogP contribution in [-0.4, -0.2) is 27.6 Å². The van der Waals surface area contributed by atoms with E-state index < -0.39 is 29.0 Å². The molecule has 8 heteroatoms. The molecule has 1 aliphatic rings. The Balaban J connectivity index is 2.07. The molecule has 1 saturated carbocycles. The predicted octanol–water partition coefficient (Wildman–Crippen LogP) is 6.24. The smallest absolute Gasteiger partial charge is 0.330 e. The van der Waals surface area contributed by atoms with Crippen molar-refractivity contribution in [2.45, 2.75) is 91.1 Å². The molecule has 0 radical (unpaired) electrons. The number of carbonyl (C=O) groups excluding carboxylic acids is 1. The number of nitrogens with one attached hydrogen (secondary N) is 2. The van der Waals surface area contributed by atoms with Gasteiger partial charge in [0.15, 0.2) is 0 Å². The van der Waals surface area contributed by atoms with Gasteiger partial charge in [0.25, 0.3) is 0 Å². The van der Waals surface area contributed by atoms with Crippen LogP contribution in [0.5, 0.6) is 0 Å². The number of anilines is 2. The molecular weight excluding hydrogens is 461 g/mol. The summed E-state index contributed by atoms with van der Waals surface area (Å²) >= 11 is 0. The number of rotatable bonds is 10. The van der Waals surface area contributed by atoms with Gasteiger partial charge in [-0.05, 0) is 51.2 Å². The quantitative estimate of drug-likeness (QED) is 0.336. The summed E-state index contributed by atoms with van der Waals surface area (Å²) in [5, 5.41) is 15.4. The van der Waals surface area contributed by atoms with Crippen LogP contribution in [0, 0.1) is 11.7 Å². The van der Waals surface area contributed by atoms with Crippen LogP contribution in [0.4, 0.5) is 15.8 Å². The van der Waals surface area contributed by atoms with Gasteiger partial charge in [-0.2, -0.15) is 0 Å². The number of hydrogen-bond acceptors (Lipinski definition) is 4. The molecule has 1 heterocycles. The summed E-state index contributed by atoms with van der Waals surface area (Å²) in [6.45, 7) is 7.30. The normalized spacial score (nSPS) is 15.8. The number of hydrogen-bond donors (Lipinski definition) is 3. The number of nitrogens with zero attached hydrogens (tertiary/aromatic N) is 1. The van der Waals surface area contributed by atoms with Crippen molar-refractivity contribution in [2.24, 2.45) is 5.92 Å². The molecule has 196 valence electrons. The van der Waals surface area contributed by atoms with Crippen molar-refractivity contribution in [3.63, 3.8) is 0 Å². The maximum atomic E-state index is 15.2. The van der Waals surface area contributed by atoms with Crippen molar-refractivity contribution in [1.82, 2.24) is 4.57 Å². The van der Waals surface area contributed by atoms with Crippen molar-refractivity contribution in [3.05, 3.63) is 46.0 Å². The van der Waals surface area contributed by atoms with Crippen molar-refractivity contribution >= 4 is 34.2 Å². The minimum Gasteiger partial charge on any atom is -0.478 e. The van der Waals surface area contributed by atoms with Gasteiger partial charge in [0, 0.05) is 23.9 Å². The number of halogens is 1. The third-order valence-corrected chi connectivity index (χ3v) is 7.24. The molecule has 1 aromatic heterocycles. The monoisotopic (exact) mass is 499 g/mol. The van der Waals surface area contributed by atoms with Gasteiger partial charge >= 0.3 is 5.97 Å². The summed E-state index contributed by atoms with van der Waals surface area (Å²) in [5.41, 5.74) is 0.680. The zero-order chi connectivity index (χ0) is 26.4. The fourth-order valence-corrected chi connectivity index (χ4v) is 5.00. The molecular formula is C28H38FN3O4. The van der Waals surface area contributed by atoms with Crippen LogP contribution < -0.4 is 16.1 Å². The second-order valence-electron chi connectivity index (χ2n) is 9.74. The highest BCUT2D eigenvalue weighted by molar-refractivity contribution is 5.97. The van der Waals surface area contributed by atoms with Gasteiger partial charge < -0.3 is 20.3 Å². The minimum atomic E-state index is -1.10. The summed E-state index contributed by atoms with van der Waals surface area (Å²) in [4.78, 5) is 37.6. The molecule has 1 unspecified atom stereocenters. The fourth-order valence-electron chi connectivity index (χ4n) is 5.00. The topological polar surface area (TPSA) is 100 Å². The molecule has 0 spiro atoms. The Morgan fingerprint density at radius 1 is 1.11 bits per heavy atom. The van der Waals surface area contributed by atoms with Crippen LogP contribution in [0.15, 0.2) is 34.8 Å². The van der Waals surface area contributed by atoms with Gasteiger partial charge in [0.1, 0.15) is 11.5 Å². The maximum Gasteiger partial charge on any atom is 0.330 e. The summed E-state index contributed by atoms with van der Waals surface area (Å²) in [6.07, 6.45) is 10.4. The Kier molecular flexibility index (Phi) is 9.29. The average Bonchev–Trinajstić information content (AvgIpc) is 2.86. The second kappa shape index (κ2) is 12.2. The fraction of sp³-hybridized carbons (Fsp3) is 0.536. The number of carbonyl (C=O) groups is 2. The molecule has 1 amide bonds. The Hall–Kier alpha value is -3.16. The van der Waals surface area contributed by atoms with E-state index in [1.165, 1.54) is 25.5 Å². The lowest BCUT2D eigenvalue weighted by atomic mass is 9.95. The van der Waals surface area contributed by atoms with Gasteiger partial charge in [0.05, 0.1) is 22.5 Å². The summed E-state index contributed by atoms with van der Waals surface area (Å²) in [7, 11) is 0. The molecule has 0 bridgehead atoms. The first kappa shape index (κ1) is 27.4. The van der Waals surface area contributed by atoms with E-state index >= 15 is 4.39 Å². The van der Waals surface area contributed by atoms with E-state index in [4.69, 9.17) is 0 Å². The van der Waals surface area contributed by atoms with E-state index in [9.17, 15) is 19.5 Å². The Bertz CT molecular complexity index is 1190. The van der Waals surface area contributed by atoms with Gasteiger partial charge in [-0.3, -0.25) is 9.59 Å². The Labute approximate surface area is 211 Å². The molecule has 2 aromatic rings. The predicted molar refractivity (Wildman–Crippen MR) is 142 cm³/mol. The summed E-state index contributed by atoms with van der Waals surface area (Å²) < 4.78 is 17.1. The first-order valence-corrected chi connectivity index (χ1v) is 13.1. The van der Waals surface area contributed by atoms with Crippen LogP contribution in [0.3, 0.4) is 0 Å². The molecule has 0 aliphatic heterocycles. The lowest BCUT2D eigenvalue weighted by molar-refractivity contribution is -0.132. The van der Waals surface area contributed by atoms with Crippen LogP contribution in [0.1, 0.15) is 85.1 Å². The third-order valence-electron chi connectivity index (χ3n) is 7.24. The largest absolute Gasteiger partial charge is 0.478 e. The molecule has 1 aromatic carbocycles. The van der Waals surface area contributed by atoms with Crippen molar-refractivity contribution in [3.8, 4) is 0 Å². The second-order valence-corrected chi connectivity index (χ2v) is 9.74. The zero-order valence-electron chi connectivity index (χ0n) is 21.7. The van der Waals surface area contributed by atoms with E-state index in [0.29, 0.717) is 17.6 Å². The number of amides is 1. The third kappa shape index (κ3) is 6.15. The highest BCUT2D eigenvalue weighted by Gasteiger charge is 2.22. The first-order chi connectivity index (χ1) is 17.2. The van der Waals surface area contributed by atoms with Crippen molar-refractivity contribution in [2.75, 3.05) is 10.6 Å². The molecule has 3 rings (SSSR count).